The van der Waals surface area contributed by atoms with Crippen molar-refractivity contribution in [2.45, 2.75) is 57.0 Å². The SMILES string of the molecule is CC(C)OC(=O)[C@H](C)NP(=O)(OCC1OC(n2ccc3c(=O)[nH]c(N)nc32)C(O)(C#CCl)[C@H]1O)Oc1ccccc1. The fourth-order valence-electron chi connectivity index (χ4n) is 4.15. The highest BCUT2D eigenvalue weighted by Crippen LogP contribution is 2.47. The van der Waals surface area contributed by atoms with E-state index >= 15 is 0 Å². The number of nitrogens with one attached hydrogen (secondary N) is 2. The fourth-order valence-corrected chi connectivity index (χ4v) is 5.80. The number of aromatic nitrogens is 3. The largest absolute Gasteiger partial charge is 0.462 e. The van der Waals surface area contributed by atoms with E-state index in [2.05, 4.69) is 21.0 Å². The number of ether oxygens (including phenoxy) is 2. The number of hydrogen-bond donors (Lipinski definition) is 5. The number of carbonyl (C=O) groups excluding carboxylic acids is 1. The standard InChI is InChI=1S/C25H29ClN5O9P/c1-14(2)38-22(34)15(3)30-41(36,40-16-7-5-4-6-8-16)37-13-18-19(32)25(35,10-11-26)23(39-18)31-12-9-17-20(31)28-24(27)29-21(17)33/h4-9,12,14-15,18-19,23,32,35H,13H2,1-3H3,(H,30,36)(H3,27,28,29,33)/t15-,18?,19-,23?,25?,41?/m0/s1. The van der Waals surface area contributed by atoms with Gasteiger partial charge >= 0.3 is 13.7 Å². The van der Waals surface area contributed by atoms with E-state index in [1.54, 1.807) is 32.0 Å². The van der Waals surface area contributed by atoms with Gasteiger partial charge in [-0.05, 0) is 56.5 Å². The highest BCUT2D eigenvalue weighted by atomic mass is 35.5. The lowest BCUT2D eigenvalue weighted by Gasteiger charge is -2.26. The van der Waals surface area contributed by atoms with Crippen LogP contribution in [0.15, 0.2) is 47.4 Å². The Bertz CT molecular complexity index is 1570. The van der Waals surface area contributed by atoms with Gasteiger partial charge in [0.2, 0.25) is 11.5 Å². The average Bonchev–Trinajstić information content (AvgIpc) is 3.42. The van der Waals surface area contributed by atoms with Gasteiger partial charge in [0.1, 0.15) is 24.0 Å². The van der Waals surface area contributed by atoms with Crippen LogP contribution in [0.5, 0.6) is 5.75 Å². The molecular formula is C25H29ClN5O9P. The minimum absolute atomic E-state index is 0.0389. The number of carbonyl (C=O) groups is 1. The van der Waals surface area contributed by atoms with E-state index < -0.39 is 62.1 Å². The number of aliphatic hydroxyl groups is 2. The molecule has 14 nitrogen and oxygen atoms in total. The molecule has 16 heteroatoms. The predicted octanol–water partition coefficient (Wildman–Crippen LogP) is 1.63. The first-order valence-corrected chi connectivity index (χ1v) is 14.3. The summed E-state index contributed by atoms with van der Waals surface area (Å²) in [5.41, 5.74) is 2.87. The summed E-state index contributed by atoms with van der Waals surface area (Å²) < 4.78 is 37.4. The molecule has 6 atom stereocenters. The molecule has 1 aliphatic rings. The van der Waals surface area contributed by atoms with Gasteiger partial charge in [0.25, 0.3) is 5.56 Å². The maximum Gasteiger partial charge on any atom is 0.459 e. The quantitative estimate of drug-likeness (QED) is 0.127. The van der Waals surface area contributed by atoms with Crippen LogP contribution in [0.4, 0.5) is 5.95 Å². The average molecular weight is 610 g/mol. The zero-order chi connectivity index (χ0) is 29.9. The highest BCUT2D eigenvalue weighted by molar-refractivity contribution is 7.52. The number of H-pyrrole nitrogens is 1. The minimum Gasteiger partial charge on any atom is -0.462 e. The summed E-state index contributed by atoms with van der Waals surface area (Å²) in [6.07, 6.45) is -3.60. The molecule has 4 rings (SSSR count). The molecule has 1 aromatic carbocycles. The summed E-state index contributed by atoms with van der Waals surface area (Å²) in [5, 5.41) is 27.2. The molecule has 220 valence electrons. The topological polar surface area (TPSA) is 200 Å². The number of aromatic amines is 1. The van der Waals surface area contributed by atoms with E-state index in [0.29, 0.717) is 0 Å². The Morgan fingerprint density at radius 3 is 2.71 bits per heavy atom. The number of anilines is 1. The van der Waals surface area contributed by atoms with Crippen LogP contribution in [0.1, 0.15) is 27.0 Å². The number of benzene rings is 1. The summed E-state index contributed by atoms with van der Waals surface area (Å²) in [6.45, 7) is 4.13. The third-order valence-corrected chi connectivity index (χ3v) is 7.76. The van der Waals surface area contributed by atoms with Crippen LogP contribution >= 0.6 is 19.3 Å². The number of aliphatic hydroxyl groups excluding tert-OH is 1. The van der Waals surface area contributed by atoms with Gasteiger partial charge in [0, 0.05) is 11.6 Å². The van der Waals surface area contributed by atoms with E-state index in [-0.39, 0.29) is 22.7 Å². The molecule has 0 radical (unpaired) electrons. The summed E-state index contributed by atoms with van der Waals surface area (Å²) in [4.78, 5) is 31.2. The van der Waals surface area contributed by atoms with Crippen LogP contribution < -0.4 is 20.9 Å². The van der Waals surface area contributed by atoms with Crippen molar-refractivity contribution in [1.29, 1.82) is 0 Å². The van der Waals surface area contributed by atoms with Crippen molar-refractivity contribution >= 4 is 42.3 Å². The number of nitrogens with zero attached hydrogens (tertiary/aromatic N) is 2. The molecule has 1 fully saturated rings. The van der Waals surface area contributed by atoms with Crippen molar-refractivity contribution in [3.63, 3.8) is 0 Å². The van der Waals surface area contributed by atoms with Crippen LogP contribution in [-0.4, -0.2) is 67.3 Å². The first-order chi connectivity index (χ1) is 19.4. The van der Waals surface area contributed by atoms with Crippen molar-refractivity contribution in [2.24, 2.45) is 0 Å². The number of fused-ring (bicyclic) bond motifs is 1. The molecular weight excluding hydrogens is 581 g/mol. The van der Waals surface area contributed by atoms with Gasteiger partial charge in [-0.1, -0.05) is 18.2 Å². The fraction of sp³-hybridized carbons (Fsp3) is 0.400. The maximum atomic E-state index is 13.8. The number of hydrogen-bond acceptors (Lipinski definition) is 11. The predicted molar refractivity (Wildman–Crippen MR) is 148 cm³/mol. The number of nitrogen functional groups attached to an aromatic ring is 1. The second-order valence-corrected chi connectivity index (χ2v) is 11.3. The van der Waals surface area contributed by atoms with Crippen LogP contribution in [0.25, 0.3) is 11.0 Å². The molecule has 3 aromatic rings. The van der Waals surface area contributed by atoms with Gasteiger partial charge in [0.05, 0.1) is 18.1 Å². The van der Waals surface area contributed by atoms with Crippen LogP contribution in [0, 0.1) is 11.3 Å². The van der Waals surface area contributed by atoms with E-state index in [1.807, 2.05) is 5.38 Å². The summed E-state index contributed by atoms with van der Waals surface area (Å²) in [7, 11) is -4.33. The first-order valence-electron chi connectivity index (χ1n) is 12.4. The van der Waals surface area contributed by atoms with Crippen molar-refractivity contribution in [3.05, 3.63) is 52.9 Å². The van der Waals surface area contributed by atoms with Crippen molar-refractivity contribution in [2.75, 3.05) is 12.3 Å². The Kier molecular flexibility index (Phi) is 9.10. The lowest BCUT2D eigenvalue weighted by molar-refractivity contribution is -0.149. The van der Waals surface area contributed by atoms with Crippen LogP contribution in [0.3, 0.4) is 0 Å². The molecule has 0 bridgehead atoms. The molecule has 2 aromatic heterocycles. The van der Waals surface area contributed by atoms with Gasteiger partial charge < -0.3 is 34.5 Å². The van der Waals surface area contributed by atoms with Gasteiger partial charge in [-0.25, -0.2) is 4.57 Å². The van der Waals surface area contributed by atoms with E-state index in [9.17, 15) is 24.4 Å². The van der Waals surface area contributed by atoms with Crippen LogP contribution in [-0.2, 0) is 23.4 Å². The Morgan fingerprint density at radius 2 is 2.05 bits per heavy atom. The molecule has 0 spiro atoms. The Balaban J connectivity index is 1.62. The van der Waals surface area contributed by atoms with E-state index in [0.717, 1.165) is 0 Å². The Morgan fingerprint density at radius 1 is 1.34 bits per heavy atom. The third-order valence-electron chi connectivity index (χ3n) is 6.02. The maximum absolute atomic E-state index is 13.8. The second kappa shape index (κ2) is 12.2. The molecule has 1 saturated heterocycles. The van der Waals surface area contributed by atoms with Crippen molar-refractivity contribution < 1.29 is 38.1 Å². The summed E-state index contributed by atoms with van der Waals surface area (Å²) in [6, 6.07) is 8.35. The molecule has 3 heterocycles. The molecule has 1 aliphatic heterocycles. The number of esters is 1. The highest BCUT2D eigenvalue weighted by Gasteiger charge is 2.56. The number of nitrogens with two attached hydrogens (primary N) is 1. The number of rotatable bonds is 10. The third kappa shape index (κ3) is 6.58. The van der Waals surface area contributed by atoms with E-state index in [4.69, 9.17) is 35.9 Å². The second-order valence-electron chi connectivity index (χ2n) is 9.46. The lowest BCUT2D eigenvalue weighted by Crippen LogP contribution is -2.46. The van der Waals surface area contributed by atoms with Gasteiger partial charge in [-0.15, -0.1) is 0 Å². The Hall–Kier alpha value is -3.41. The summed E-state index contributed by atoms with van der Waals surface area (Å²) in [5.74, 6) is 1.60. The van der Waals surface area contributed by atoms with Crippen LogP contribution in [0.2, 0.25) is 0 Å². The van der Waals surface area contributed by atoms with Gasteiger partial charge in [-0.3, -0.25) is 19.1 Å². The molecule has 0 amide bonds. The van der Waals surface area contributed by atoms with Crippen molar-refractivity contribution in [1.82, 2.24) is 19.6 Å². The normalized spacial score (nSPS) is 24.4. The zero-order valence-electron chi connectivity index (χ0n) is 22.2. The minimum atomic E-state index is -4.33. The Labute approximate surface area is 239 Å². The molecule has 0 aliphatic carbocycles. The van der Waals surface area contributed by atoms with E-state index in [1.165, 1.54) is 35.9 Å². The molecule has 6 N–H and O–H groups in total. The number of para-hydroxylation sites is 1. The van der Waals surface area contributed by atoms with Gasteiger partial charge in [-0.2, -0.15) is 10.1 Å². The first kappa shape index (κ1) is 30.5. The molecule has 0 saturated carbocycles. The lowest BCUT2D eigenvalue weighted by atomic mass is 9.95. The van der Waals surface area contributed by atoms with Gasteiger partial charge in [0.15, 0.2) is 11.9 Å². The summed E-state index contributed by atoms with van der Waals surface area (Å²) >= 11 is 5.61. The molecule has 4 unspecified atom stereocenters. The number of halogens is 1. The van der Waals surface area contributed by atoms with Crippen molar-refractivity contribution in [3.8, 4) is 17.0 Å². The molecule has 41 heavy (non-hydrogen) atoms. The monoisotopic (exact) mass is 609 g/mol. The smallest absolute Gasteiger partial charge is 0.459 e. The zero-order valence-corrected chi connectivity index (χ0v) is 23.8.